The molecule has 0 radical (unpaired) electrons. The molecule has 6 heteroatoms. The van der Waals surface area contributed by atoms with Crippen LogP contribution >= 0.6 is 11.3 Å². The average Bonchev–Trinajstić information content (AvgIpc) is 3.86. The number of nitrogens with zero attached hydrogens (tertiary/aromatic N) is 4. The summed E-state index contributed by atoms with van der Waals surface area (Å²) in [6.07, 6.45) is 0. The zero-order valence-electron chi connectivity index (χ0n) is 29.6. The van der Waals surface area contributed by atoms with Crippen LogP contribution < -0.4 is 4.90 Å². The molecule has 3 heterocycles. The van der Waals surface area contributed by atoms with E-state index >= 15 is 0 Å². The summed E-state index contributed by atoms with van der Waals surface area (Å²) < 4.78 is 8.89. The van der Waals surface area contributed by atoms with E-state index in [4.69, 9.17) is 19.4 Å². The highest BCUT2D eigenvalue weighted by molar-refractivity contribution is 7.25. The summed E-state index contributed by atoms with van der Waals surface area (Å²) in [6, 6.07) is 55.2. The number of benzene rings is 7. The lowest BCUT2D eigenvalue weighted by Crippen LogP contribution is -2.18. The Morgan fingerprint density at radius 1 is 0.537 bits per heavy atom. The van der Waals surface area contributed by atoms with Gasteiger partial charge in [-0.3, -0.25) is 4.90 Å². The fraction of sp³-hybridized carbons (Fsp3) is 0.0625. The molecule has 0 aliphatic heterocycles. The normalized spacial score (nSPS) is 13.1. The van der Waals surface area contributed by atoms with Crippen LogP contribution in [0.3, 0.4) is 0 Å². The molecule has 1 aliphatic rings. The molecule has 0 saturated heterocycles. The first kappa shape index (κ1) is 30.9. The second-order valence-electron chi connectivity index (χ2n) is 14.4. The zero-order valence-corrected chi connectivity index (χ0v) is 30.4. The van der Waals surface area contributed by atoms with Gasteiger partial charge in [0.2, 0.25) is 5.95 Å². The van der Waals surface area contributed by atoms with Gasteiger partial charge in [-0.05, 0) is 76.9 Å². The topological polar surface area (TPSA) is 55.1 Å². The Kier molecular flexibility index (Phi) is 6.70. The number of furan rings is 1. The first-order valence-electron chi connectivity index (χ1n) is 18.2. The number of fused-ring (bicyclic) bond motifs is 9. The fourth-order valence-electron chi connectivity index (χ4n) is 8.50. The first-order valence-corrected chi connectivity index (χ1v) is 19.0. The fourth-order valence-corrected chi connectivity index (χ4v) is 9.58. The van der Waals surface area contributed by atoms with Gasteiger partial charge in [0.1, 0.15) is 11.2 Å². The van der Waals surface area contributed by atoms with E-state index in [-0.39, 0.29) is 5.41 Å². The van der Waals surface area contributed by atoms with E-state index in [9.17, 15) is 0 Å². The molecular weight excluding hydrogens is 681 g/mol. The summed E-state index contributed by atoms with van der Waals surface area (Å²) in [5.41, 5.74) is 10.2. The number of aromatic nitrogens is 3. The van der Waals surface area contributed by atoms with Crippen molar-refractivity contribution in [3.8, 4) is 33.9 Å². The Morgan fingerprint density at radius 3 is 2.13 bits per heavy atom. The van der Waals surface area contributed by atoms with Crippen LogP contribution in [0.5, 0.6) is 0 Å². The predicted octanol–water partition coefficient (Wildman–Crippen LogP) is 13.2. The lowest BCUT2D eigenvalue weighted by molar-refractivity contribution is 0.661. The maximum Gasteiger partial charge on any atom is 0.238 e. The Hall–Kier alpha value is -6.63. The van der Waals surface area contributed by atoms with Crippen molar-refractivity contribution in [1.29, 1.82) is 0 Å². The molecule has 0 N–H and O–H groups in total. The van der Waals surface area contributed by atoms with Crippen molar-refractivity contribution in [2.24, 2.45) is 0 Å². The monoisotopic (exact) mass is 712 g/mol. The summed E-state index contributed by atoms with van der Waals surface area (Å²) >= 11 is 1.81. The summed E-state index contributed by atoms with van der Waals surface area (Å²) in [5.74, 6) is 1.77. The zero-order chi connectivity index (χ0) is 36.0. The Labute approximate surface area is 315 Å². The van der Waals surface area contributed by atoms with Crippen molar-refractivity contribution >= 4 is 70.8 Å². The van der Waals surface area contributed by atoms with Gasteiger partial charge in [0, 0.05) is 47.8 Å². The molecule has 0 saturated carbocycles. The maximum atomic E-state index is 6.39. The summed E-state index contributed by atoms with van der Waals surface area (Å²) in [6.45, 7) is 4.61. The molecule has 0 atom stereocenters. The van der Waals surface area contributed by atoms with Crippen LogP contribution in [-0.2, 0) is 5.41 Å². The summed E-state index contributed by atoms with van der Waals surface area (Å²) in [4.78, 5) is 18.3. The van der Waals surface area contributed by atoms with Crippen molar-refractivity contribution in [2.75, 3.05) is 4.90 Å². The van der Waals surface area contributed by atoms with Crippen LogP contribution in [0.2, 0.25) is 0 Å². The molecule has 5 nitrogen and oxygen atoms in total. The van der Waals surface area contributed by atoms with Crippen molar-refractivity contribution in [3.63, 3.8) is 0 Å². The average molecular weight is 713 g/mol. The quantitative estimate of drug-likeness (QED) is 0.178. The third-order valence-corrected chi connectivity index (χ3v) is 12.1. The number of rotatable bonds is 5. The second kappa shape index (κ2) is 11.7. The lowest BCUT2D eigenvalue weighted by atomic mass is 9.80. The molecule has 0 bridgehead atoms. The molecule has 11 rings (SSSR count). The van der Waals surface area contributed by atoms with Crippen LogP contribution in [0.4, 0.5) is 17.3 Å². The van der Waals surface area contributed by atoms with Crippen LogP contribution in [0.1, 0.15) is 25.0 Å². The molecule has 3 aromatic heterocycles. The third-order valence-electron chi connectivity index (χ3n) is 10.9. The van der Waals surface area contributed by atoms with E-state index < -0.39 is 0 Å². The van der Waals surface area contributed by atoms with E-state index in [0.717, 1.165) is 44.4 Å². The standard InChI is InChI=1S/C48H32N4OS/c1-48(2)37-21-9-6-16-31(37)33-19-12-20-35(44(33)48)46-49-45(29-26-27-42-36(28-29)32-17-8-11-25-41(32)54-42)50-47(51-46)52(30-14-4-3-5-15-30)38-22-13-24-40-43(38)34-18-7-10-23-39(34)53-40/h3-28H,1-2H3. The van der Waals surface area contributed by atoms with Crippen molar-refractivity contribution < 1.29 is 4.42 Å². The molecular formula is C48H32N4OS. The molecule has 10 aromatic rings. The van der Waals surface area contributed by atoms with Gasteiger partial charge in [-0.1, -0.05) is 117 Å². The van der Waals surface area contributed by atoms with Crippen LogP contribution in [0.25, 0.3) is 76.0 Å². The third kappa shape index (κ3) is 4.60. The van der Waals surface area contributed by atoms with E-state index in [1.165, 1.54) is 42.4 Å². The summed E-state index contributed by atoms with van der Waals surface area (Å²) in [7, 11) is 0. The van der Waals surface area contributed by atoms with Gasteiger partial charge < -0.3 is 4.42 Å². The second-order valence-corrected chi connectivity index (χ2v) is 15.5. The van der Waals surface area contributed by atoms with Crippen molar-refractivity contribution in [3.05, 3.63) is 169 Å². The van der Waals surface area contributed by atoms with Crippen LogP contribution in [0.15, 0.2) is 162 Å². The SMILES string of the molecule is CC1(C)c2ccccc2-c2cccc(-c3nc(-c4ccc5sc6ccccc6c5c4)nc(N(c4ccccc4)c4cccc5oc6ccccc6c45)n3)c21. The van der Waals surface area contributed by atoms with Gasteiger partial charge in [0.05, 0.1) is 11.1 Å². The van der Waals surface area contributed by atoms with Crippen LogP contribution in [-0.4, -0.2) is 15.0 Å². The minimum atomic E-state index is -0.260. The highest BCUT2D eigenvalue weighted by Gasteiger charge is 2.38. The Balaban J connectivity index is 1.21. The predicted molar refractivity (Wildman–Crippen MR) is 223 cm³/mol. The van der Waals surface area contributed by atoms with E-state index in [1.807, 2.05) is 41.7 Å². The van der Waals surface area contributed by atoms with Gasteiger partial charge in [-0.2, -0.15) is 9.97 Å². The molecule has 0 spiro atoms. The molecule has 0 fully saturated rings. The van der Waals surface area contributed by atoms with E-state index in [1.54, 1.807) is 0 Å². The summed E-state index contributed by atoms with van der Waals surface area (Å²) in [5, 5.41) is 4.47. The molecule has 7 aromatic carbocycles. The first-order chi connectivity index (χ1) is 26.5. The number of thiophene rings is 1. The highest BCUT2D eigenvalue weighted by Crippen LogP contribution is 2.52. The molecule has 256 valence electrons. The largest absolute Gasteiger partial charge is 0.456 e. The Morgan fingerprint density at radius 2 is 1.22 bits per heavy atom. The minimum absolute atomic E-state index is 0.260. The highest BCUT2D eigenvalue weighted by atomic mass is 32.1. The van der Waals surface area contributed by atoms with Gasteiger partial charge in [0.15, 0.2) is 11.6 Å². The van der Waals surface area contributed by atoms with E-state index in [2.05, 4.69) is 146 Å². The Bertz CT molecular complexity index is 3110. The van der Waals surface area contributed by atoms with Gasteiger partial charge in [0.25, 0.3) is 0 Å². The van der Waals surface area contributed by atoms with Crippen molar-refractivity contribution in [1.82, 2.24) is 15.0 Å². The van der Waals surface area contributed by atoms with Gasteiger partial charge in [-0.25, -0.2) is 4.98 Å². The van der Waals surface area contributed by atoms with Crippen LogP contribution in [0, 0.1) is 0 Å². The number of anilines is 3. The molecule has 0 amide bonds. The molecule has 0 unspecified atom stereocenters. The number of hydrogen-bond donors (Lipinski definition) is 0. The maximum absolute atomic E-state index is 6.39. The number of hydrogen-bond acceptors (Lipinski definition) is 6. The molecule has 54 heavy (non-hydrogen) atoms. The molecule has 1 aliphatic carbocycles. The van der Waals surface area contributed by atoms with E-state index in [0.29, 0.717) is 17.6 Å². The number of para-hydroxylation sites is 2. The van der Waals surface area contributed by atoms with Crippen molar-refractivity contribution in [2.45, 2.75) is 19.3 Å². The lowest BCUT2D eigenvalue weighted by Gasteiger charge is -2.26. The minimum Gasteiger partial charge on any atom is -0.456 e. The van der Waals surface area contributed by atoms with Gasteiger partial charge in [-0.15, -0.1) is 11.3 Å². The smallest absolute Gasteiger partial charge is 0.238 e. The van der Waals surface area contributed by atoms with Gasteiger partial charge >= 0.3 is 0 Å².